The van der Waals surface area contributed by atoms with Crippen molar-refractivity contribution in [2.45, 2.75) is 0 Å². The highest BCUT2D eigenvalue weighted by molar-refractivity contribution is 5.92. The van der Waals surface area contributed by atoms with Gasteiger partial charge in [-0.2, -0.15) is 0 Å². The highest BCUT2D eigenvalue weighted by Crippen LogP contribution is 2.35. The summed E-state index contributed by atoms with van der Waals surface area (Å²) in [6, 6.07) is 2.23. The predicted molar refractivity (Wildman–Crippen MR) is 85.0 cm³/mol. The Balaban J connectivity index is 2.92. The molecule has 0 atom stereocenters. The molecule has 9 nitrogen and oxygen atoms in total. The fourth-order valence-electron chi connectivity index (χ4n) is 1.92. The third kappa shape index (κ3) is 5.47. The Hall–Kier alpha value is -2.23. The van der Waals surface area contributed by atoms with Gasteiger partial charge in [-0.05, 0) is 0 Å². The highest BCUT2D eigenvalue weighted by atomic mass is 16.5. The van der Waals surface area contributed by atoms with Gasteiger partial charge in [0, 0.05) is 31.8 Å². The van der Waals surface area contributed by atoms with Crippen molar-refractivity contribution in [2.24, 2.45) is 0 Å². The average molecular weight is 329 g/mol. The summed E-state index contributed by atoms with van der Waals surface area (Å²) in [4.78, 5) is 13.3. The van der Waals surface area contributed by atoms with Crippen molar-refractivity contribution < 1.29 is 30.0 Å². The van der Waals surface area contributed by atoms with Crippen LogP contribution >= 0.6 is 0 Å². The van der Waals surface area contributed by atoms with Crippen LogP contribution in [0.5, 0.6) is 11.5 Å². The summed E-state index contributed by atoms with van der Waals surface area (Å²) in [7, 11) is 1.44. The van der Waals surface area contributed by atoms with Gasteiger partial charge in [-0.25, -0.2) is 4.79 Å². The molecule has 0 saturated carbocycles. The van der Waals surface area contributed by atoms with Gasteiger partial charge in [-0.3, -0.25) is 0 Å². The van der Waals surface area contributed by atoms with Crippen LogP contribution in [0.2, 0.25) is 0 Å². The highest BCUT2D eigenvalue weighted by Gasteiger charge is 2.16. The van der Waals surface area contributed by atoms with Crippen LogP contribution in [0.4, 0.5) is 16.2 Å². The van der Waals surface area contributed by atoms with Crippen LogP contribution in [0, 0.1) is 0 Å². The number of ether oxygens (including phenoxy) is 1. The number of hydrogen-bond donors (Lipinski definition) is 6. The van der Waals surface area contributed by atoms with E-state index in [1.165, 1.54) is 24.1 Å². The molecule has 0 aliphatic heterocycles. The van der Waals surface area contributed by atoms with Crippen LogP contribution in [-0.4, -0.2) is 77.9 Å². The first-order valence-electron chi connectivity index (χ1n) is 7.10. The number of hydrogen-bond acceptors (Lipinski definition) is 7. The molecule has 0 fully saturated rings. The number of methoxy groups -OCH3 is 1. The standard InChI is InChI=1S/C14H23N3O6/c1-23-13-9-10(12(21)8-11(13)15-2-5-18)16-14(22)17(3-6-19)4-7-20/h8-9,15,18-21H,2-7H2,1H3,(H,16,22). The van der Waals surface area contributed by atoms with E-state index in [-0.39, 0.29) is 50.9 Å². The van der Waals surface area contributed by atoms with Gasteiger partial charge in [0.1, 0.15) is 11.5 Å². The average Bonchev–Trinajstić information content (AvgIpc) is 2.54. The van der Waals surface area contributed by atoms with Gasteiger partial charge < -0.3 is 40.7 Å². The van der Waals surface area contributed by atoms with Crippen molar-refractivity contribution in [3.8, 4) is 11.5 Å². The van der Waals surface area contributed by atoms with E-state index in [2.05, 4.69) is 10.6 Å². The molecule has 6 N–H and O–H groups in total. The minimum Gasteiger partial charge on any atom is -0.506 e. The molecule has 1 aromatic carbocycles. The van der Waals surface area contributed by atoms with Gasteiger partial charge in [0.2, 0.25) is 0 Å². The van der Waals surface area contributed by atoms with Crippen LogP contribution in [-0.2, 0) is 0 Å². The van der Waals surface area contributed by atoms with Crippen LogP contribution in [0.1, 0.15) is 0 Å². The third-order valence-electron chi connectivity index (χ3n) is 3.01. The molecule has 23 heavy (non-hydrogen) atoms. The maximum absolute atomic E-state index is 12.1. The molecule has 130 valence electrons. The molecule has 0 spiro atoms. The lowest BCUT2D eigenvalue weighted by atomic mass is 10.2. The molecule has 0 unspecified atom stereocenters. The van der Waals surface area contributed by atoms with Crippen molar-refractivity contribution in [1.82, 2.24) is 4.90 Å². The van der Waals surface area contributed by atoms with Gasteiger partial charge in [-0.1, -0.05) is 0 Å². The third-order valence-corrected chi connectivity index (χ3v) is 3.01. The van der Waals surface area contributed by atoms with E-state index >= 15 is 0 Å². The molecule has 0 heterocycles. The lowest BCUT2D eigenvalue weighted by Crippen LogP contribution is -2.38. The van der Waals surface area contributed by atoms with Crippen molar-refractivity contribution in [1.29, 1.82) is 0 Å². The minimum absolute atomic E-state index is 0.0560. The normalized spacial score (nSPS) is 10.3. The second-order valence-electron chi connectivity index (χ2n) is 4.58. The molecule has 0 aromatic heterocycles. The van der Waals surface area contributed by atoms with E-state index in [4.69, 9.17) is 20.1 Å². The SMILES string of the molecule is COc1cc(NC(=O)N(CCO)CCO)c(O)cc1NCCO. The van der Waals surface area contributed by atoms with E-state index in [1.807, 2.05) is 0 Å². The Bertz CT molecular complexity index is 506. The number of nitrogens with one attached hydrogen (secondary N) is 2. The smallest absolute Gasteiger partial charge is 0.322 e. The number of aliphatic hydroxyl groups excluding tert-OH is 3. The Labute approximate surface area is 134 Å². The van der Waals surface area contributed by atoms with Crippen LogP contribution in [0.3, 0.4) is 0 Å². The number of benzene rings is 1. The van der Waals surface area contributed by atoms with Gasteiger partial charge in [0.05, 0.1) is 38.3 Å². The lowest BCUT2D eigenvalue weighted by molar-refractivity contribution is 0.167. The molecule has 2 amide bonds. The zero-order valence-corrected chi connectivity index (χ0v) is 12.9. The predicted octanol–water partition coefficient (Wildman–Crippen LogP) is -0.377. The van der Waals surface area contributed by atoms with Crippen LogP contribution < -0.4 is 15.4 Å². The maximum atomic E-state index is 12.1. The number of anilines is 2. The number of carbonyl (C=O) groups excluding carboxylic acids is 1. The summed E-state index contributed by atoms with van der Waals surface area (Å²) >= 11 is 0. The number of urea groups is 1. The fraction of sp³-hybridized carbons (Fsp3) is 0.500. The summed E-state index contributed by atoms with van der Waals surface area (Å²) in [6.07, 6.45) is 0. The molecular formula is C14H23N3O6. The number of rotatable bonds is 9. The second-order valence-corrected chi connectivity index (χ2v) is 4.58. The quantitative estimate of drug-likeness (QED) is 0.340. The molecule has 0 bridgehead atoms. The molecule has 0 radical (unpaired) electrons. The molecule has 9 heteroatoms. The van der Waals surface area contributed by atoms with Gasteiger partial charge >= 0.3 is 6.03 Å². The first-order valence-corrected chi connectivity index (χ1v) is 7.10. The number of nitrogens with zero attached hydrogens (tertiary/aromatic N) is 1. The Kier molecular flexibility index (Phi) is 7.95. The molecule has 0 saturated heterocycles. The summed E-state index contributed by atoms with van der Waals surface area (Å²) in [5.74, 6) is 0.190. The first-order chi connectivity index (χ1) is 11.1. The number of phenols is 1. The zero-order chi connectivity index (χ0) is 17.2. The van der Waals surface area contributed by atoms with Crippen molar-refractivity contribution in [3.05, 3.63) is 12.1 Å². The van der Waals surface area contributed by atoms with E-state index in [1.54, 1.807) is 0 Å². The van der Waals surface area contributed by atoms with E-state index in [0.29, 0.717) is 11.4 Å². The largest absolute Gasteiger partial charge is 0.506 e. The van der Waals surface area contributed by atoms with E-state index in [0.717, 1.165) is 0 Å². The monoisotopic (exact) mass is 329 g/mol. The number of aliphatic hydroxyl groups is 3. The number of amides is 2. The van der Waals surface area contributed by atoms with Gasteiger partial charge in [0.25, 0.3) is 0 Å². The molecule has 1 aromatic rings. The number of aromatic hydroxyl groups is 1. The molecule has 1 rings (SSSR count). The van der Waals surface area contributed by atoms with Crippen molar-refractivity contribution in [2.75, 3.05) is 57.2 Å². The first kappa shape index (κ1) is 18.8. The molecule has 0 aliphatic carbocycles. The van der Waals surface area contributed by atoms with Gasteiger partial charge in [-0.15, -0.1) is 0 Å². The van der Waals surface area contributed by atoms with Crippen LogP contribution in [0.15, 0.2) is 12.1 Å². The van der Waals surface area contributed by atoms with Gasteiger partial charge in [0.15, 0.2) is 0 Å². The number of phenolic OH excluding ortho intramolecular Hbond substituents is 1. The second kappa shape index (κ2) is 9.72. The molecule has 0 aliphatic rings. The lowest BCUT2D eigenvalue weighted by Gasteiger charge is -2.22. The topological polar surface area (TPSA) is 135 Å². The van der Waals surface area contributed by atoms with Crippen molar-refractivity contribution in [3.63, 3.8) is 0 Å². The van der Waals surface area contributed by atoms with Crippen molar-refractivity contribution >= 4 is 17.4 Å². The summed E-state index contributed by atoms with van der Waals surface area (Å²) in [6.45, 7) is -0.178. The Morgan fingerprint density at radius 2 is 1.78 bits per heavy atom. The zero-order valence-electron chi connectivity index (χ0n) is 12.9. The number of carbonyl (C=O) groups is 1. The van der Waals surface area contributed by atoms with Crippen LogP contribution in [0.25, 0.3) is 0 Å². The molecular weight excluding hydrogens is 306 g/mol. The Morgan fingerprint density at radius 1 is 1.13 bits per heavy atom. The fourth-order valence-corrected chi connectivity index (χ4v) is 1.92. The van der Waals surface area contributed by atoms with E-state index < -0.39 is 6.03 Å². The summed E-state index contributed by atoms with van der Waals surface area (Å²) < 4.78 is 5.17. The maximum Gasteiger partial charge on any atom is 0.322 e. The Morgan fingerprint density at radius 3 is 2.30 bits per heavy atom. The minimum atomic E-state index is -0.568. The van der Waals surface area contributed by atoms with E-state index in [9.17, 15) is 9.90 Å². The summed E-state index contributed by atoms with van der Waals surface area (Å²) in [5.41, 5.74) is 0.599. The summed E-state index contributed by atoms with van der Waals surface area (Å²) in [5, 5.41) is 42.1.